The lowest BCUT2D eigenvalue weighted by Crippen LogP contribution is -2.66. The van der Waals surface area contributed by atoms with Gasteiger partial charge in [-0.1, -0.05) is 99.1 Å². The number of ether oxygens (including phenoxy) is 4. The van der Waals surface area contributed by atoms with Crippen molar-refractivity contribution < 1.29 is 49.8 Å². The average Bonchev–Trinajstić information content (AvgIpc) is 3.13. The van der Waals surface area contributed by atoms with Crippen molar-refractivity contribution in [2.75, 3.05) is 33.0 Å². The molecule has 4 aromatic rings. The normalized spacial score (nSPS) is 12.4. The van der Waals surface area contributed by atoms with E-state index in [0.717, 1.165) is 16.4 Å². The van der Waals surface area contributed by atoms with Crippen LogP contribution in [0.15, 0.2) is 91.1 Å². The summed E-state index contributed by atoms with van der Waals surface area (Å²) in [6.07, 6.45) is -4.83. The SMILES string of the molecule is CC(C)OCCNS(=O)(=O)NC(=O)OCCCc1ccc(OCCO[Si](c2ccccc2)(c2ccccc2)C(C)(C)C)cc1Oc1ncc(C(F)(F)F)cc1Cl. The van der Waals surface area contributed by atoms with Gasteiger partial charge in [-0.2, -0.15) is 26.3 Å². The van der Waals surface area contributed by atoms with Crippen LogP contribution in [0, 0.1) is 0 Å². The number of carbonyl (C=O) groups excluding carboxylic acids is 1. The summed E-state index contributed by atoms with van der Waals surface area (Å²) in [7, 11) is -6.99. The van der Waals surface area contributed by atoms with Gasteiger partial charge in [0.1, 0.15) is 23.1 Å². The molecule has 3 aromatic carbocycles. The van der Waals surface area contributed by atoms with Crippen LogP contribution in [0.1, 0.15) is 52.2 Å². The number of hydrogen-bond acceptors (Lipinski definition) is 9. The zero-order valence-electron chi connectivity index (χ0n) is 31.8. The highest BCUT2D eigenvalue weighted by Crippen LogP contribution is 2.38. The Morgan fingerprint density at radius 2 is 1.54 bits per heavy atom. The van der Waals surface area contributed by atoms with Gasteiger partial charge in [0.15, 0.2) is 0 Å². The first-order valence-electron chi connectivity index (χ1n) is 17.9. The summed E-state index contributed by atoms with van der Waals surface area (Å²) in [6.45, 7) is 10.4. The number of carbonyl (C=O) groups is 1. The molecule has 1 amide bonds. The Kier molecular flexibility index (Phi) is 15.7. The number of rotatable bonds is 19. The average molecular weight is 838 g/mol. The van der Waals surface area contributed by atoms with Crippen LogP contribution in [0.4, 0.5) is 18.0 Å². The van der Waals surface area contributed by atoms with E-state index in [2.05, 4.69) is 54.7 Å². The lowest BCUT2D eigenvalue weighted by atomic mass is 10.1. The molecule has 0 spiro atoms. The molecule has 0 unspecified atom stereocenters. The lowest BCUT2D eigenvalue weighted by molar-refractivity contribution is -0.137. The quantitative estimate of drug-likeness (QED) is 0.0731. The summed E-state index contributed by atoms with van der Waals surface area (Å²) in [6, 6.07) is 26.0. The van der Waals surface area contributed by atoms with Crippen molar-refractivity contribution in [1.29, 1.82) is 0 Å². The minimum Gasteiger partial charge on any atom is -0.491 e. The van der Waals surface area contributed by atoms with Gasteiger partial charge in [-0.15, -0.1) is 0 Å². The van der Waals surface area contributed by atoms with Gasteiger partial charge in [-0.3, -0.25) is 0 Å². The molecule has 0 bridgehead atoms. The molecule has 0 radical (unpaired) electrons. The van der Waals surface area contributed by atoms with E-state index < -0.39 is 36.4 Å². The predicted octanol–water partition coefficient (Wildman–Crippen LogP) is 7.42. The fourth-order valence-corrected chi connectivity index (χ4v) is 11.3. The Bertz CT molecular complexity index is 1950. The van der Waals surface area contributed by atoms with Crippen LogP contribution in [-0.2, 0) is 36.7 Å². The third kappa shape index (κ3) is 12.7. The number of benzene rings is 3. The summed E-state index contributed by atoms with van der Waals surface area (Å²) in [5.41, 5.74) is -0.480. The molecule has 4 rings (SSSR count). The molecule has 11 nitrogen and oxygen atoms in total. The van der Waals surface area contributed by atoms with E-state index in [1.54, 1.807) is 36.8 Å². The molecule has 0 aliphatic rings. The lowest BCUT2D eigenvalue weighted by Gasteiger charge is -2.43. The number of nitrogens with one attached hydrogen (secondary N) is 2. The van der Waals surface area contributed by atoms with Gasteiger partial charge in [0.2, 0.25) is 5.88 Å². The van der Waals surface area contributed by atoms with E-state index in [4.69, 9.17) is 35.0 Å². The second-order valence-corrected chi connectivity index (χ2v) is 20.1. The van der Waals surface area contributed by atoms with E-state index in [1.807, 2.05) is 36.4 Å². The highest BCUT2D eigenvalue weighted by molar-refractivity contribution is 7.88. The van der Waals surface area contributed by atoms with E-state index in [-0.39, 0.29) is 73.6 Å². The third-order valence-electron chi connectivity index (χ3n) is 8.35. The van der Waals surface area contributed by atoms with E-state index in [1.165, 1.54) is 0 Å². The number of halogens is 4. The largest absolute Gasteiger partial charge is 0.491 e. The smallest absolute Gasteiger partial charge is 0.421 e. The Hall–Kier alpha value is -4.19. The first kappa shape index (κ1) is 44.5. The molecule has 56 heavy (non-hydrogen) atoms. The van der Waals surface area contributed by atoms with Crippen LogP contribution in [-0.4, -0.2) is 66.9 Å². The van der Waals surface area contributed by atoms with Crippen molar-refractivity contribution in [3.05, 3.63) is 107 Å². The van der Waals surface area contributed by atoms with Crippen LogP contribution in [0.2, 0.25) is 10.1 Å². The number of aryl methyl sites for hydroxylation is 1. The molecule has 0 atom stereocenters. The Morgan fingerprint density at radius 3 is 2.11 bits per heavy atom. The fraction of sp³-hybridized carbons (Fsp3) is 0.385. The first-order chi connectivity index (χ1) is 26.4. The summed E-state index contributed by atoms with van der Waals surface area (Å²) >= 11 is 6.17. The zero-order chi connectivity index (χ0) is 41.0. The maximum absolute atomic E-state index is 13.3. The number of nitrogens with zero attached hydrogens (tertiary/aromatic N) is 1. The maximum Gasteiger partial charge on any atom is 0.421 e. The molecule has 304 valence electrons. The number of amides is 1. The monoisotopic (exact) mass is 837 g/mol. The van der Waals surface area contributed by atoms with Gasteiger partial charge >= 0.3 is 22.5 Å². The van der Waals surface area contributed by atoms with Crippen molar-refractivity contribution in [2.24, 2.45) is 0 Å². The molecule has 0 fully saturated rings. The van der Waals surface area contributed by atoms with Gasteiger partial charge in [0.05, 0.1) is 31.5 Å². The molecular formula is C39H47ClF3N3O8SSi. The second-order valence-electron chi connectivity index (χ2n) is 13.9. The molecule has 17 heteroatoms. The minimum absolute atomic E-state index is 0.0467. The molecule has 0 aliphatic heterocycles. The molecular weight excluding hydrogens is 791 g/mol. The van der Waals surface area contributed by atoms with Gasteiger partial charge in [-0.25, -0.2) is 14.5 Å². The van der Waals surface area contributed by atoms with E-state index >= 15 is 0 Å². The van der Waals surface area contributed by atoms with Crippen molar-refractivity contribution in [1.82, 2.24) is 14.4 Å². The Morgan fingerprint density at radius 1 is 0.893 bits per heavy atom. The fourth-order valence-electron chi connectivity index (χ4n) is 5.88. The molecule has 2 N–H and O–H groups in total. The van der Waals surface area contributed by atoms with E-state index in [9.17, 15) is 26.4 Å². The molecule has 1 heterocycles. The first-order valence-corrected chi connectivity index (χ1v) is 21.7. The summed E-state index contributed by atoms with van der Waals surface area (Å²) < 4.78 is 97.4. The standard InChI is InChI=1S/C39H47ClF3N3O8SSi/c1-28(2)50-22-20-45-55(48,49)46-37(47)52-21-12-13-29-18-19-31(26-35(29)54-36-34(40)25-30(27-44-36)39(41,42)43)51-23-24-53-56(38(3,4)5,32-14-8-6-9-15-32)33-16-10-7-11-17-33/h6-11,14-19,25-28,45H,12-13,20-24H2,1-5H3,(H,46,47). The van der Waals surface area contributed by atoms with Crippen molar-refractivity contribution in [3.63, 3.8) is 0 Å². The van der Waals surface area contributed by atoms with Crippen molar-refractivity contribution in [2.45, 2.75) is 64.8 Å². The van der Waals surface area contributed by atoms with Crippen LogP contribution >= 0.6 is 11.6 Å². The molecule has 1 aromatic heterocycles. The molecule has 0 saturated heterocycles. The number of alkyl halides is 3. The summed E-state index contributed by atoms with van der Waals surface area (Å²) in [5, 5.41) is 1.63. The number of aromatic nitrogens is 1. The van der Waals surface area contributed by atoms with Crippen LogP contribution in [0.25, 0.3) is 0 Å². The Labute approximate surface area is 332 Å². The predicted molar refractivity (Wildman–Crippen MR) is 211 cm³/mol. The number of pyridine rings is 1. The van der Waals surface area contributed by atoms with Gasteiger partial charge < -0.3 is 23.4 Å². The third-order valence-corrected chi connectivity index (χ3v) is 14.7. The second kappa shape index (κ2) is 19.8. The van der Waals surface area contributed by atoms with Crippen LogP contribution in [0.3, 0.4) is 0 Å². The van der Waals surface area contributed by atoms with Gasteiger partial charge in [0.25, 0.3) is 8.32 Å². The van der Waals surface area contributed by atoms with Crippen LogP contribution < -0.4 is 29.3 Å². The Balaban J connectivity index is 1.47. The van der Waals surface area contributed by atoms with Crippen LogP contribution in [0.5, 0.6) is 17.4 Å². The van der Waals surface area contributed by atoms with E-state index in [0.29, 0.717) is 17.5 Å². The minimum atomic E-state index is -4.66. The molecule has 0 aliphatic carbocycles. The topological polar surface area (TPSA) is 134 Å². The van der Waals surface area contributed by atoms with Gasteiger partial charge in [0, 0.05) is 18.8 Å². The highest BCUT2D eigenvalue weighted by atomic mass is 35.5. The number of hydrogen-bond donors (Lipinski definition) is 2. The maximum atomic E-state index is 13.3. The summed E-state index contributed by atoms with van der Waals surface area (Å²) in [4.78, 5) is 16.0. The van der Waals surface area contributed by atoms with Gasteiger partial charge in [-0.05, 0) is 59.8 Å². The molecule has 0 saturated carbocycles. The van der Waals surface area contributed by atoms with Crippen molar-refractivity contribution in [3.8, 4) is 17.4 Å². The summed E-state index contributed by atoms with van der Waals surface area (Å²) in [5.74, 6) is 0.301. The highest BCUT2D eigenvalue weighted by Gasteiger charge is 2.50. The zero-order valence-corrected chi connectivity index (χ0v) is 34.4. The van der Waals surface area contributed by atoms with Crippen molar-refractivity contribution >= 4 is 46.6 Å².